The zero-order valence-corrected chi connectivity index (χ0v) is 15.7. The van der Waals surface area contributed by atoms with Crippen molar-refractivity contribution in [1.82, 2.24) is 0 Å². The van der Waals surface area contributed by atoms with E-state index in [2.05, 4.69) is 20.9 Å². The number of hydrogen-bond acceptors (Lipinski definition) is 6. The third-order valence-corrected chi connectivity index (χ3v) is 4.11. The normalized spacial score (nSPS) is 15.1. The third-order valence-electron chi connectivity index (χ3n) is 3.62. The number of methoxy groups -OCH3 is 1. The molecule has 0 saturated heterocycles. The second-order valence-electron chi connectivity index (χ2n) is 5.44. The van der Waals surface area contributed by atoms with E-state index in [-0.39, 0.29) is 17.3 Å². The van der Waals surface area contributed by atoms with Crippen LogP contribution in [0.1, 0.15) is 11.1 Å². The Bertz CT molecular complexity index is 1010. The van der Waals surface area contributed by atoms with E-state index in [1.807, 2.05) is 6.07 Å². The summed E-state index contributed by atoms with van der Waals surface area (Å²) in [5, 5.41) is 10.8. The summed E-state index contributed by atoms with van der Waals surface area (Å²) >= 11 is 3.37. The predicted octanol–water partition coefficient (Wildman–Crippen LogP) is 4.38. The zero-order valence-electron chi connectivity index (χ0n) is 14.1. The van der Waals surface area contributed by atoms with E-state index < -0.39 is 10.9 Å². The maximum Gasteiger partial charge on any atom is 0.363 e. The first-order chi connectivity index (χ1) is 13.0. The van der Waals surface area contributed by atoms with E-state index >= 15 is 0 Å². The van der Waals surface area contributed by atoms with Crippen LogP contribution in [0.4, 0.5) is 5.69 Å². The van der Waals surface area contributed by atoms with Crippen LogP contribution in [0.2, 0.25) is 0 Å². The molecule has 1 aliphatic rings. The number of rotatable bonds is 5. The molecule has 0 unspecified atom stereocenters. The monoisotopic (exact) mass is 428 g/mol. The van der Waals surface area contributed by atoms with Gasteiger partial charge in [-0.3, -0.25) is 10.1 Å². The summed E-state index contributed by atoms with van der Waals surface area (Å²) in [6, 6.07) is 11.5. The van der Waals surface area contributed by atoms with Gasteiger partial charge in [-0.05, 0) is 35.9 Å². The van der Waals surface area contributed by atoms with Crippen molar-refractivity contribution in [3.8, 4) is 5.75 Å². The number of benzene rings is 2. The minimum atomic E-state index is -0.587. The highest BCUT2D eigenvalue weighted by Crippen LogP contribution is 2.27. The van der Waals surface area contributed by atoms with Gasteiger partial charge < -0.3 is 9.47 Å². The fraction of sp³-hybridized carbons (Fsp3) is 0.0526. The molecule has 0 fully saturated rings. The lowest BCUT2D eigenvalue weighted by molar-refractivity contribution is -0.384. The molecule has 0 N–H and O–H groups in total. The summed E-state index contributed by atoms with van der Waals surface area (Å²) in [7, 11) is 1.54. The number of nitro groups is 1. The number of cyclic esters (lactones) is 1. The second kappa shape index (κ2) is 7.96. The molecule has 2 aromatic carbocycles. The molecule has 1 heterocycles. The van der Waals surface area contributed by atoms with Crippen molar-refractivity contribution in [2.75, 3.05) is 7.11 Å². The Morgan fingerprint density at radius 1 is 1.22 bits per heavy atom. The molecule has 0 aliphatic carbocycles. The number of esters is 1. The van der Waals surface area contributed by atoms with Gasteiger partial charge >= 0.3 is 5.97 Å². The van der Waals surface area contributed by atoms with E-state index in [1.165, 1.54) is 25.3 Å². The first-order valence-corrected chi connectivity index (χ1v) is 8.54. The summed E-state index contributed by atoms with van der Waals surface area (Å²) in [6.45, 7) is 0. The minimum Gasteiger partial charge on any atom is -0.496 e. The van der Waals surface area contributed by atoms with Gasteiger partial charge in [0, 0.05) is 28.2 Å². The Hall–Kier alpha value is -3.26. The molecule has 0 spiro atoms. The van der Waals surface area contributed by atoms with Crippen LogP contribution in [0.15, 0.2) is 63.7 Å². The van der Waals surface area contributed by atoms with Crippen molar-refractivity contribution in [3.05, 3.63) is 80.0 Å². The average molecular weight is 429 g/mol. The van der Waals surface area contributed by atoms with Crippen LogP contribution >= 0.6 is 15.9 Å². The van der Waals surface area contributed by atoms with Gasteiger partial charge in [-0.2, -0.15) is 0 Å². The van der Waals surface area contributed by atoms with Gasteiger partial charge in [0.05, 0.1) is 12.0 Å². The van der Waals surface area contributed by atoms with E-state index in [4.69, 9.17) is 9.47 Å². The Kier molecular flexibility index (Phi) is 5.46. The van der Waals surface area contributed by atoms with Crippen molar-refractivity contribution in [1.29, 1.82) is 0 Å². The highest BCUT2D eigenvalue weighted by Gasteiger charge is 2.21. The lowest BCUT2D eigenvalue weighted by Gasteiger charge is -2.04. The van der Waals surface area contributed by atoms with Crippen LogP contribution in [-0.4, -0.2) is 23.9 Å². The summed E-state index contributed by atoms with van der Waals surface area (Å²) in [5.74, 6) is 0.108. The van der Waals surface area contributed by atoms with Crippen molar-refractivity contribution in [3.63, 3.8) is 0 Å². The van der Waals surface area contributed by atoms with E-state index in [0.29, 0.717) is 16.9 Å². The molecule has 136 valence electrons. The van der Waals surface area contributed by atoms with E-state index in [9.17, 15) is 14.9 Å². The standard InChI is InChI=1S/C19H13BrN2O5/c1-26-17-7-6-14(20)10-13(17)11-16-19(23)27-18(21-16)8-5-12-3-2-4-15(9-12)22(24)25/h2-11H,1H3/b8-5-,16-11+. The highest BCUT2D eigenvalue weighted by molar-refractivity contribution is 9.10. The lowest BCUT2D eigenvalue weighted by Crippen LogP contribution is -2.01. The summed E-state index contributed by atoms with van der Waals surface area (Å²) in [4.78, 5) is 26.5. The first-order valence-electron chi connectivity index (χ1n) is 7.75. The largest absolute Gasteiger partial charge is 0.496 e. The second-order valence-corrected chi connectivity index (χ2v) is 6.36. The molecule has 0 aromatic heterocycles. The number of carbonyl (C=O) groups excluding carboxylic acids is 1. The van der Waals surface area contributed by atoms with Crippen molar-refractivity contribution >= 4 is 45.6 Å². The summed E-state index contributed by atoms with van der Waals surface area (Å²) in [5.41, 5.74) is 1.37. The molecule has 0 saturated carbocycles. The quantitative estimate of drug-likeness (QED) is 0.305. The molecule has 2 aromatic rings. The predicted molar refractivity (Wildman–Crippen MR) is 104 cm³/mol. The fourth-order valence-electron chi connectivity index (χ4n) is 2.37. The van der Waals surface area contributed by atoms with Gasteiger partial charge in [0.25, 0.3) is 5.69 Å². The number of nitro benzene ring substituents is 1. The number of aliphatic imine (C=N–C) groups is 1. The Balaban J connectivity index is 1.85. The van der Waals surface area contributed by atoms with Crippen LogP contribution in [0, 0.1) is 10.1 Å². The van der Waals surface area contributed by atoms with Gasteiger partial charge in [-0.15, -0.1) is 0 Å². The maximum absolute atomic E-state index is 12.0. The molecule has 27 heavy (non-hydrogen) atoms. The van der Waals surface area contributed by atoms with Gasteiger partial charge in [-0.1, -0.05) is 28.1 Å². The number of halogens is 1. The number of ether oxygens (including phenoxy) is 2. The van der Waals surface area contributed by atoms with Crippen molar-refractivity contribution in [2.45, 2.75) is 0 Å². The average Bonchev–Trinajstić information content (AvgIpc) is 3.00. The van der Waals surface area contributed by atoms with Gasteiger partial charge in [-0.25, -0.2) is 9.79 Å². The van der Waals surface area contributed by atoms with Crippen molar-refractivity contribution < 1.29 is 19.2 Å². The fourth-order valence-corrected chi connectivity index (χ4v) is 2.75. The Morgan fingerprint density at radius 2 is 2.04 bits per heavy atom. The lowest BCUT2D eigenvalue weighted by atomic mass is 10.1. The molecule has 7 nitrogen and oxygen atoms in total. The minimum absolute atomic E-state index is 0.0233. The number of carbonyl (C=O) groups is 1. The number of hydrogen-bond donors (Lipinski definition) is 0. The van der Waals surface area contributed by atoms with Crippen LogP contribution < -0.4 is 4.74 Å². The SMILES string of the molecule is COc1ccc(Br)cc1/C=C1N=C(/C=C\c2cccc([N+](=O)[O-])c2)OC/1=O. The molecular formula is C19H13BrN2O5. The van der Waals surface area contributed by atoms with Crippen LogP contribution in [0.25, 0.3) is 12.2 Å². The highest BCUT2D eigenvalue weighted by atomic mass is 79.9. The van der Waals surface area contributed by atoms with Crippen LogP contribution in [0.5, 0.6) is 5.75 Å². The molecule has 0 radical (unpaired) electrons. The summed E-state index contributed by atoms with van der Waals surface area (Å²) in [6.07, 6.45) is 4.64. The molecule has 3 rings (SSSR count). The summed E-state index contributed by atoms with van der Waals surface area (Å²) < 4.78 is 11.2. The van der Waals surface area contributed by atoms with E-state index in [1.54, 1.807) is 36.4 Å². The molecular weight excluding hydrogens is 416 g/mol. The smallest absolute Gasteiger partial charge is 0.363 e. The maximum atomic E-state index is 12.0. The molecule has 8 heteroatoms. The van der Waals surface area contributed by atoms with Crippen molar-refractivity contribution in [2.24, 2.45) is 4.99 Å². The van der Waals surface area contributed by atoms with Crippen LogP contribution in [-0.2, 0) is 9.53 Å². The van der Waals surface area contributed by atoms with Gasteiger partial charge in [0.15, 0.2) is 5.70 Å². The van der Waals surface area contributed by atoms with E-state index in [0.717, 1.165) is 4.47 Å². The third kappa shape index (κ3) is 4.48. The molecule has 1 aliphatic heterocycles. The Labute approximate surface area is 162 Å². The van der Waals surface area contributed by atoms with Gasteiger partial charge in [0.2, 0.25) is 5.90 Å². The van der Waals surface area contributed by atoms with Crippen LogP contribution in [0.3, 0.4) is 0 Å². The topological polar surface area (TPSA) is 91.0 Å². The molecule has 0 atom stereocenters. The number of nitrogens with zero attached hydrogens (tertiary/aromatic N) is 2. The number of non-ortho nitro benzene ring substituents is 1. The first kappa shape index (κ1) is 18.5. The zero-order chi connectivity index (χ0) is 19.4. The molecule has 0 amide bonds. The van der Waals surface area contributed by atoms with Gasteiger partial charge in [0.1, 0.15) is 5.75 Å². The molecule has 0 bridgehead atoms. The Morgan fingerprint density at radius 3 is 2.78 bits per heavy atom.